The first-order valence-corrected chi connectivity index (χ1v) is 15.0. The minimum Gasteiger partial charge on any atom is -0.461 e. The second-order valence-electron chi connectivity index (χ2n) is 11.9. The van der Waals surface area contributed by atoms with Crippen molar-refractivity contribution in [2.45, 2.75) is 114 Å². The number of rotatable bonds is 8. The average Bonchev–Trinajstić information content (AvgIpc) is 3.09. The molecule has 3 nitrogen and oxygen atoms in total. The number of fused-ring (bicyclic) bond motifs is 5. The maximum atomic E-state index is 16.0. The van der Waals surface area contributed by atoms with E-state index in [-0.39, 0.29) is 58.1 Å². The number of alkyl halides is 3. The maximum Gasteiger partial charge on any atom is 0.305 e. The molecule has 0 bridgehead atoms. The second-order valence-corrected chi connectivity index (χ2v) is 13.4. The summed E-state index contributed by atoms with van der Waals surface area (Å²) in [5.41, 5.74) is -1.02. The first kappa shape index (κ1) is 28.4. The first-order chi connectivity index (χ1) is 17.0. The lowest BCUT2D eigenvalue weighted by atomic mass is 9.46. The molecule has 0 aromatic carbocycles. The lowest BCUT2D eigenvalue weighted by Crippen LogP contribution is -2.67. The quantitative estimate of drug-likeness (QED) is 0.170. The molecule has 9 atom stereocenters. The van der Waals surface area contributed by atoms with Crippen LogP contribution in [-0.2, 0) is 14.3 Å². The number of halogens is 4. The van der Waals surface area contributed by atoms with Gasteiger partial charge in [-0.1, -0.05) is 77.5 Å². The molecule has 36 heavy (non-hydrogen) atoms. The van der Waals surface area contributed by atoms with E-state index in [9.17, 15) is 9.59 Å². The van der Waals surface area contributed by atoms with Crippen molar-refractivity contribution in [1.82, 2.24) is 0 Å². The third-order valence-corrected chi connectivity index (χ3v) is 11.9. The van der Waals surface area contributed by atoms with Gasteiger partial charge in [-0.3, -0.25) is 9.59 Å². The van der Waals surface area contributed by atoms with Gasteiger partial charge in [0, 0.05) is 17.3 Å². The maximum absolute atomic E-state index is 16.0. The Bertz CT molecular complexity index is 950. The van der Waals surface area contributed by atoms with Crippen LogP contribution in [0.15, 0.2) is 22.8 Å². The van der Waals surface area contributed by atoms with E-state index < -0.39 is 21.8 Å². The van der Waals surface area contributed by atoms with Crippen molar-refractivity contribution in [3.8, 4) is 0 Å². The molecule has 202 valence electrons. The van der Waals surface area contributed by atoms with Gasteiger partial charge < -0.3 is 4.74 Å². The molecule has 0 aromatic rings. The fourth-order valence-electron chi connectivity index (χ4n) is 8.27. The molecule has 3 saturated carbocycles. The van der Waals surface area contributed by atoms with E-state index >= 15 is 4.39 Å². The van der Waals surface area contributed by atoms with Crippen molar-refractivity contribution in [2.75, 3.05) is 0 Å². The van der Waals surface area contributed by atoms with Crippen LogP contribution in [0.2, 0.25) is 0 Å². The Balaban J connectivity index is 1.77. The Morgan fingerprint density at radius 3 is 2.53 bits per heavy atom. The van der Waals surface area contributed by atoms with Gasteiger partial charge in [-0.2, -0.15) is 0 Å². The fourth-order valence-corrected chi connectivity index (χ4v) is 9.81. The summed E-state index contributed by atoms with van der Waals surface area (Å²) in [6.45, 7) is 8.05. The average molecular weight is 562 g/mol. The highest BCUT2D eigenvalue weighted by molar-refractivity contribution is 6.45. The lowest BCUT2D eigenvalue weighted by molar-refractivity contribution is -0.163. The highest BCUT2D eigenvalue weighted by Gasteiger charge is 2.73. The SMILES string of the molecule is CCCCCCC[C@]12C[C@H](Cl)[C@@]3(Cl)[C@@H](C[C@H](F)C4=C(Cl)C(=O)C=C[C@@]43C)[C@@H]1C[C@@H](C)[C@H]2OC(=O)CC. The molecular formula is C29H40Cl3FO3. The van der Waals surface area contributed by atoms with E-state index in [1.54, 1.807) is 6.08 Å². The number of hydrogen-bond acceptors (Lipinski definition) is 3. The van der Waals surface area contributed by atoms with Crippen LogP contribution in [-0.4, -0.2) is 34.3 Å². The van der Waals surface area contributed by atoms with Crippen LogP contribution in [0.3, 0.4) is 0 Å². The fraction of sp³-hybridized carbons (Fsp3) is 0.793. The molecule has 4 rings (SSSR count). The largest absolute Gasteiger partial charge is 0.461 e. The third-order valence-electron chi connectivity index (χ3n) is 9.93. The Morgan fingerprint density at radius 2 is 1.86 bits per heavy atom. The summed E-state index contributed by atoms with van der Waals surface area (Å²) in [5.74, 6) is -0.600. The molecule has 0 saturated heterocycles. The van der Waals surface area contributed by atoms with Crippen LogP contribution < -0.4 is 0 Å². The van der Waals surface area contributed by atoms with Crippen molar-refractivity contribution in [2.24, 2.45) is 28.6 Å². The van der Waals surface area contributed by atoms with Gasteiger partial charge in [-0.05, 0) is 55.1 Å². The van der Waals surface area contributed by atoms with Crippen LogP contribution in [0.1, 0.15) is 91.9 Å². The molecule has 4 aliphatic carbocycles. The predicted octanol–water partition coefficient (Wildman–Crippen LogP) is 8.30. The molecule has 0 heterocycles. The van der Waals surface area contributed by atoms with Crippen LogP contribution in [0.25, 0.3) is 0 Å². The third kappa shape index (κ3) is 4.20. The number of carbonyl (C=O) groups is 2. The Hall–Kier alpha value is -0.580. The monoisotopic (exact) mass is 560 g/mol. The molecule has 0 aliphatic heterocycles. The molecule has 0 amide bonds. The van der Waals surface area contributed by atoms with E-state index in [1.165, 1.54) is 25.3 Å². The smallest absolute Gasteiger partial charge is 0.305 e. The topological polar surface area (TPSA) is 43.4 Å². The van der Waals surface area contributed by atoms with Gasteiger partial charge in [0.15, 0.2) is 5.78 Å². The zero-order valence-electron chi connectivity index (χ0n) is 21.9. The molecule has 0 spiro atoms. The molecule has 0 radical (unpaired) electrons. The predicted molar refractivity (Wildman–Crippen MR) is 144 cm³/mol. The zero-order valence-corrected chi connectivity index (χ0v) is 24.2. The normalized spacial score (nSPS) is 43.7. The van der Waals surface area contributed by atoms with Gasteiger partial charge in [0.2, 0.25) is 0 Å². The number of unbranched alkanes of at least 4 members (excludes halogenated alkanes) is 4. The van der Waals surface area contributed by atoms with Gasteiger partial charge >= 0.3 is 5.97 Å². The van der Waals surface area contributed by atoms with Crippen molar-refractivity contribution in [1.29, 1.82) is 0 Å². The molecule has 0 N–H and O–H groups in total. The summed E-state index contributed by atoms with van der Waals surface area (Å²) in [5, 5.41) is -0.559. The van der Waals surface area contributed by atoms with Gasteiger partial charge in [0.05, 0.1) is 15.3 Å². The van der Waals surface area contributed by atoms with E-state index in [0.29, 0.717) is 12.8 Å². The van der Waals surface area contributed by atoms with Crippen LogP contribution in [0.5, 0.6) is 0 Å². The van der Waals surface area contributed by atoms with Crippen molar-refractivity contribution in [3.05, 3.63) is 22.8 Å². The summed E-state index contributed by atoms with van der Waals surface area (Å²) in [7, 11) is 0. The van der Waals surface area contributed by atoms with Crippen LogP contribution in [0.4, 0.5) is 4.39 Å². The number of carbonyl (C=O) groups excluding carboxylic acids is 2. The molecule has 4 aliphatic rings. The molecule has 0 aromatic heterocycles. The summed E-state index contributed by atoms with van der Waals surface area (Å²) in [6.07, 6.45) is 10.0. The van der Waals surface area contributed by atoms with Gasteiger partial charge in [-0.15, -0.1) is 23.2 Å². The summed E-state index contributed by atoms with van der Waals surface area (Å²) in [4.78, 5) is 23.9. The van der Waals surface area contributed by atoms with Crippen LogP contribution in [0, 0.1) is 28.6 Å². The van der Waals surface area contributed by atoms with Gasteiger partial charge in [0.1, 0.15) is 12.3 Å². The number of ether oxygens (including phenoxy) is 1. The van der Waals surface area contributed by atoms with Gasteiger partial charge in [-0.25, -0.2) is 4.39 Å². The molecule has 7 heteroatoms. The zero-order chi connectivity index (χ0) is 26.5. The Labute approximate surface area is 230 Å². The standard InChI is InChI=1S/C29H40Cl3FO3/c1-5-7-8-9-10-12-28-16-22(30)29(32)19(18(28)14-17(3)26(28)36-23(35)6-2)15-20(33)24-25(31)21(34)11-13-27(24,29)4/h11,13,17-20,22,26H,5-10,12,14-16H2,1-4H3/t17-,18+,19+,20+,22+,26-,27+,28+,29+/m1/s1. The summed E-state index contributed by atoms with van der Waals surface area (Å²) >= 11 is 21.3. The first-order valence-electron chi connectivity index (χ1n) is 13.8. The highest BCUT2D eigenvalue weighted by Crippen LogP contribution is 2.72. The molecular weight excluding hydrogens is 522 g/mol. The number of ketones is 1. The van der Waals surface area contributed by atoms with E-state index in [0.717, 1.165) is 25.7 Å². The van der Waals surface area contributed by atoms with Gasteiger partial charge in [0.25, 0.3) is 0 Å². The second kappa shape index (κ2) is 10.5. The summed E-state index contributed by atoms with van der Waals surface area (Å²) < 4.78 is 22.1. The Morgan fingerprint density at radius 1 is 1.17 bits per heavy atom. The minimum absolute atomic E-state index is 0.0582. The number of allylic oxidation sites excluding steroid dienone is 4. The Kier molecular flexibility index (Phi) is 8.32. The number of esters is 1. The number of hydrogen-bond donors (Lipinski definition) is 0. The summed E-state index contributed by atoms with van der Waals surface area (Å²) in [6, 6.07) is 0. The minimum atomic E-state index is -1.37. The lowest BCUT2D eigenvalue weighted by Gasteiger charge is -2.64. The van der Waals surface area contributed by atoms with Crippen molar-refractivity contribution < 1.29 is 18.7 Å². The van der Waals surface area contributed by atoms with E-state index in [4.69, 9.17) is 39.5 Å². The molecule has 0 unspecified atom stereocenters. The van der Waals surface area contributed by atoms with Crippen molar-refractivity contribution >= 4 is 46.6 Å². The van der Waals surface area contributed by atoms with E-state index in [2.05, 4.69) is 13.8 Å². The van der Waals surface area contributed by atoms with Crippen molar-refractivity contribution in [3.63, 3.8) is 0 Å². The van der Waals surface area contributed by atoms with E-state index in [1.807, 2.05) is 13.8 Å². The highest BCUT2D eigenvalue weighted by atomic mass is 35.5. The molecule has 3 fully saturated rings. The van der Waals surface area contributed by atoms with Crippen LogP contribution >= 0.6 is 34.8 Å².